The number of benzene rings is 2. The fraction of sp³-hybridized carbons (Fsp3) is 0.133. The zero-order chi connectivity index (χ0) is 13.7. The number of nitrogens with two attached hydrogens (primary N) is 1. The van der Waals surface area contributed by atoms with Gasteiger partial charge in [-0.15, -0.1) is 0 Å². The summed E-state index contributed by atoms with van der Waals surface area (Å²) in [7, 11) is 0. The Morgan fingerprint density at radius 1 is 1.11 bits per heavy atom. The second-order valence-electron chi connectivity index (χ2n) is 4.19. The van der Waals surface area contributed by atoms with Crippen molar-refractivity contribution in [1.82, 2.24) is 0 Å². The molecule has 3 N–H and O–H groups in total. The molecule has 4 heteroatoms. The molecule has 3 nitrogen and oxygen atoms in total. The Balaban J connectivity index is 1.98. The summed E-state index contributed by atoms with van der Waals surface area (Å²) in [4.78, 5) is 0. The van der Waals surface area contributed by atoms with Gasteiger partial charge in [0.2, 0.25) is 0 Å². The summed E-state index contributed by atoms with van der Waals surface area (Å²) in [5.41, 5.74) is 8.18. The number of rotatable bonds is 5. The van der Waals surface area contributed by atoms with Crippen LogP contribution in [0.1, 0.15) is 16.7 Å². The molecule has 0 amide bonds. The summed E-state index contributed by atoms with van der Waals surface area (Å²) in [6.07, 6.45) is 0. The molecule has 0 spiro atoms. The van der Waals surface area contributed by atoms with E-state index in [1.807, 2.05) is 48.5 Å². The van der Waals surface area contributed by atoms with Crippen LogP contribution in [0.25, 0.3) is 0 Å². The Morgan fingerprint density at radius 3 is 2.63 bits per heavy atom. The topological polar surface area (TPSA) is 59.1 Å². The first-order valence-corrected chi connectivity index (χ1v) is 6.29. The zero-order valence-electron chi connectivity index (χ0n) is 10.4. The Labute approximate surface area is 117 Å². The lowest BCUT2D eigenvalue weighted by atomic mass is 10.1. The summed E-state index contributed by atoms with van der Waals surface area (Å²) in [6.45, 7) is 0.898. The minimum Gasteiger partial charge on any atom is -0.384 e. The summed E-state index contributed by atoms with van der Waals surface area (Å²) < 4.78 is 5.64. The van der Waals surface area contributed by atoms with Gasteiger partial charge in [-0.1, -0.05) is 48.0 Å². The van der Waals surface area contributed by atoms with E-state index in [1.54, 1.807) is 0 Å². The first kappa shape index (κ1) is 13.6. The number of hydrogen-bond acceptors (Lipinski definition) is 2. The van der Waals surface area contributed by atoms with Gasteiger partial charge in [0.15, 0.2) is 0 Å². The van der Waals surface area contributed by atoms with E-state index >= 15 is 0 Å². The highest BCUT2D eigenvalue weighted by molar-refractivity contribution is 6.30. The van der Waals surface area contributed by atoms with Crippen LogP contribution in [0.5, 0.6) is 0 Å². The van der Waals surface area contributed by atoms with Crippen LogP contribution < -0.4 is 5.73 Å². The molecule has 0 atom stereocenters. The molecule has 19 heavy (non-hydrogen) atoms. The van der Waals surface area contributed by atoms with Crippen molar-refractivity contribution in [3.63, 3.8) is 0 Å². The molecule has 0 aliphatic rings. The van der Waals surface area contributed by atoms with Crippen LogP contribution >= 0.6 is 11.6 Å². The molecule has 2 aromatic rings. The number of hydrogen-bond donors (Lipinski definition) is 2. The normalized spacial score (nSPS) is 10.4. The quantitative estimate of drug-likeness (QED) is 0.649. The lowest BCUT2D eigenvalue weighted by Gasteiger charge is -2.09. The van der Waals surface area contributed by atoms with E-state index in [9.17, 15) is 0 Å². The highest BCUT2D eigenvalue weighted by Gasteiger charge is 2.04. The Kier molecular flexibility index (Phi) is 4.55. The van der Waals surface area contributed by atoms with Gasteiger partial charge in [-0.25, -0.2) is 0 Å². The number of nitrogen functional groups attached to an aromatic ring is 1. The number of nitrogens with one attached hydrogen (secondary N) is 1. The molecule has 2 rings (SSSR count). The first-order valence-electron chi connectivity index (χ1n) is 5.91. The molecule has 0 saturated heterocycles. The molecule has 0 heterocycles. The van der Waals surface area contributed by atoms with E-state index in [4.69, 9.17) is 27.5 Å². The summed E-state index contributed by atoms with van der Waals surface area (Å²) >= 11 is 5.91. The fourth-order valence-corrected chi connectivity index (χ4v) is 2.03. The Hall–Kier alpha value is -1.84. The molecular weight excluding hydrogens is 260 g/mol. The zero-order valence-corrected chi connectivity index (χ0v) is 11.2. The van der Waals surface area contributed by atoms with Gasteiger partial charge in [-0.2, -0.15) is 0 Å². The largest absolute Gasteiger partial charge is 0.384 e. The number of amidine groups is 1. The van der Waals surface area contributed by atoms with Crippen LogP contribution in [0.3, 0.4) is 0 Å². The third kappa shape index (κ3) is 3.81. The van der Waals surface area contributed by atoms with Gasteiger partial charge >= 0.3 is 0 Å². The van der Waals surface area contributed by atoms with Crippen LogP contribution in [0.2, 0.25) is 5.02 Å². The molecular formula is C15H15ClN2O. The monoisotopic (exact) mass is 274 g/mol. The third-order valence-electron chi connectivity index (χ3n) is 2.72. The van der Waals surface area contributed by atoms with Crippen molar-refractivity contribution >= 4 is 17.4 Å². The summed E-state index contributed by atoms with van der Waals surface area (Å²) in [5.74, 6) is 0.0574. The van der Waals surface area contributed by atoms with E-state index < -0.39 is 0 Å². The molecule has 0 radical (unpaired) electrons. The molecule has 0 aromatic heterocycles. The van der Waals surface area contributed by atoms with Gasteiger partial charge in [0.1, 0.15) is 5.84 Å². The molecule has 0 saturated carbocycles. The van der Waals surface area contributed by atoms with Gasteiger partial charge in [0, 0.05) is 10.6 Å². The van der Waals surface area contributed by atoms with Crippen molar-refractivity contribution in [2.75, 3.05) is 0 Å². The van der Waals surface area contributed by atoms with Gasteiger partial charge in [-0.3, -0.25) is 5.41 Å². The molecule has 0 fully saturated rings. The smallest absolute Gasteiger partial charge is 0.123 e. The van der Waals surface area contributed by atoms with E-state index in [0.717, 1.165) is 11.1 Å². The predicted molar refractivity (Wildman–Crippen MR) is 77.4 cm³/mol. The molecule has 98 valence electrons. The van der Waals surface area contributed by atoms with Gasteiger partial charge in [0.25, 0.3) is 0 Å². The molecule has 0 unspecified atom stereocenters. The van der Waals surface area contributed by atoms with Gasteiger partial charge < -0.3 is 10.5 Å². The molecule has 0 aliphatic carbocycles. The maximum absolute atomic E-state index is 7.51. The minimum atomic E-state index is 0.0574. The van der Waals surface area contributed by atoms with Crippen LogP contribution in [0.15, 0.2) is 48.5 Å². The standard InChI is InChI=1S/C15H15ClN2O/c16-13-6-3-4-11(8-13)9-19-10-12-5-1-2-7-14(12)15(17)18/h1-8H,9-10H2,(H3,17,18). The van der Waals surface area contributed by atoms with Gasteiger partial charge in [-0.05, 0) is 23.3 Å². The average Bonchev–Trinajstić information content (AvgIpc) is 2.39. The van der Waals surface area contributed by atoms with Crippen molar-refractivity contribution in [3.8, 4) is 0 Å². The van der Waals surface area contributed by atoms with Crippen molar-refractivity contribution in [2.45, 2.75) is 13.2 Å². The summed E-state index contributed by atoms with van der Waals surface area (Å²) in [5, 5.41) is 8.21. The van der Waals surface area contributed by atoms with Crippen molar-refractivity contribution < 1.29 is 4.74 Å². The van der Waals surface area contributed by atoms with Crippen LogP contribution in [0, 0.1) is 5.41 Å². The third-order valence-corrected chi connectivity index (χ3v) is 2.96. The van der Waals surface area contributed by atoms with Crippen molar-refractivity contribution in [2.24, 2.45) is 5.73 Å². The maximum atomic E-state index is 7.51. The van der Waals surface area contributed by atoms with Gasteiger partial charge in [0.05, 0.1) is 13.2 Å². The average molecular weight is 275 g/mol. The molecule has 0 bridgehead atoms. The van der Waals surface area contributed by atoms with Crippen molar-refractivity contribution in [1.29, 1.82) is 5.41 Å². The van der Waals surface area contributed by atoms with Crippen LogP contribution in [-0.2, 0) is 18.0 Å². The lowest BCUT2D eigenvalue weighted by Crippen LogP contribution is -2.14. The fourth-order valence-electron chi connectivity index (χ4n) is 1.81. The SMILES string of the molecule is N=C(N)c1ccccc1COCc1cccc(Cl)c1. The molecule has 2 aromatic carbocycles. The first-order chi connectivity index (χ1) is 9.16. The number of halogens is 1. The second-order valence-corrected chi connectivity index (χ2v) is 4.63. The highest BCUT2D eigenvalue weighted by atomic mass is 35.5. The van der Waals surface area contributed by atoms with E-state index in [1.165, 1.54) is 0 Å². The number of ether oxygens (including phenoxy) is 1. The lowest BCUT2D eigenvalue weighted by molar-refractivity contribution is 0.107. The predicted octanol–water partition coefficient (Wildman–Crippen LogP) is 3.34. The van der Waals surface area contributed by atoms with Crippen LogP contribution in [-0.4, -0.2) is 5.84 Å². The molecule has 0 aliphatic heterocycles. The highest BCUT2D eigenvalue weighted by Crippen LogP contribution is 2.14. The second kappa shape index (κ2) is 6.36. The Morgan fingerprint density at radius 2 is 1.89 bits per heavy atom. The summed E-state index contributed by atoms with van der Waals surface area (Å²) in [6, 6.07) is 15.1. The minimum absolute atomic E-state index is 0.0574. The van der Waals surface area contributed by atoms with Crippen LogP contribution in [0.4, 0.5) is 0 Å². The van der Waals surface area contributed by atoms with Crippen molar-refractivity contribution in [3.05, 3.63) is 70.2 Å². The maximum Gasteiger partial charge on any atom is 0.123 e. The van der Waals surface area contributed by atoms with E-state index in [-0.39, 0.29) is 5.84 Å². The Bertz CT molecular complexity index is 584. The van der Waals surface area contributed by atoms with E-state index in [2.05, 4.69) is 0 Å². The van der Waals surface area contributed by atoms with E-state index in [0.29, 0.717) is 23.8 Å².